The maximum atomic E-state index is 12.5. The van der Waals surface area contributed by atoms with E-state index in [1.807, 2.05) is 32.0 Å². The van der Waals surface area contributed by atoms with Crippen LogP contribution in [0.1, 0.15) is 34.3 Å². The summed E-state index contributed by atoms with van der Waals surface area (Å²) in [5.41, 5.74) is 2.67. The summed E-state index contributed by atoms with van der Waals surface area (Å²) in [5.74, 6) is -1.28. The van der Waals surface area contributed by atoms with Crippen LogP contribution in [0.5, 0.6) is 0 Å². The molecule has 0 saturated carbocycles. The van der Waals surface area contributed by atoms with Crippen molar-refractivity contribution >= 4 is 11.9 Å². The fraction of sp³-hybridized carbons (Fsp3) is 0.467. The number of hydrogen-bond donors (Lipinski definition) is 1. The largest absolute Gasteiger partial charge is 0.481 e. The second kappa shape index (κ2) is 5.43. The number of amides is 1. The first-order valence-electron chi connectivity index (χ1n) is 6.58. The highest BCUT2D eigenvalue weighted by atomic mass is 16.4. The van der Waals surface area contributed by atoms with Crippen LogP contribution in [0.15, 0.2) is 18.2 Å². The van der Waals surface area contributed by atoms with E-state index in [9.17, 15) is 9.59 Å². The molecule has 0 aliphatic carbocycles. The van der Waals surface area contributed by atoms with Crippen molar-refractivity contribution in [3.63, 3.8) is 0 Å². The number of carboxylic acids is 1. The molecule has 1 N–H and O–H groups in total. The average Bonchev–Trinajstić information content (AvgIpc) is 2.41. The van der Waals surface area contributed by atoms with E-state index >= 15 is 0 Å². The highest BCUT2D eigenvalue weighted by molar-refractivity contribution is 5.96. The fourth-order valence-corrected chi connectivity index (χ4v) is 2.50. The quantitative estimate of drug-likeness (QED) is 0.888. The Morgan fingerprint density at radius 2 is 2.05 bits per heavy atom. The van der Waals surface area contributed by atoms with Crippen molar-refractivity contribution < 1.29 is 14.7 Å². The van der Waals surface area contributed by atoms with Crippen LogP contribution in [0.2, 0.25) is 0 Å². The van der Waals surface area contributed by atoms with Gasteiger partial charge in [-0.25, -0.2) is 0 Å². The number of nitrogens with zero attached hydrogens (tertiary/aromatic N) is 1. The van der Waals surface area contributed by atoms with Crippen LogP contribution in [-0.2, 0) is 4.79 Å². The lowest BCUT2D eigenvalue weighted by molar-refractivity contribution is -0.143. The molecule has 0 radical (unpaired) electrons. The van der Waals surface area contributed by atoms with Gasteiger partial charge in [-0.2, -0.15) is 0 Å². The molecule has 4 heteroatoms. The minimum atomic E-state index is -0.807. The lowest BCUT2D eigenvalue weighted by Crippen LogP contribution is -2.42. The smallest absolute Gasteiger partial charge is 0.308 e. The third-order valence-electron chi connectivity index (χ3n) is 3.68. The Morgan fingerprint density at radius 1 is 1.32 bits per heavy atom. The predicted octanol–water partition coefficient (Wildman–Crippen LogP) is 2.24. The van der Waals surface area contributed by atoms with Crippen molar-refractivity contribution in [3.8, 4) is 0 Å². The van der Waals surface area contributed by atoms with Gasteiger partial charge in [0.2, 0.25) is 0 Å². The van der Waals surface area contributed by atoms with E-state index in [2.05, 4.69) is 0 Å². The Morgan fingerprint density at radius 3 is 2.74 bits per heavy atom. The summed E-state index contributed by atoms with van der Waals surface area (Å²) in [5, 5.41) is 9.07. The molecule has 1 amide bonds. The molecule has 0 bridgehead atoms. The highest BCUT2D eigenvalue weighted by Crippen LogP contribution is 2.20. The summed E-state index contributed by atoms with van der Waals surface area (Å²) in [7, 11) is 0. The van der Waals surface area contributed by atoms with Crippen LogP contribution in [0.25, 0.3) is 0 Å². The molecule has 1 atom stereocenters. The van der Waals surface area contributed by atoms with E-state index < -0.39 is 11.9 Å². The third kappa shape index (κ3) is 2.95. The first-order valence-corrected chi connectivity index (χ1v) is 6.58. The maximum absolute atomic E-state index is 12.5. The van der Waals surface area contributed by atoms with Gasteiger partial charge in [-0.05, 0) is 38.3 Å². The molecule has 19 heavy (non-hydrogen) atoms. The molecule has 1 aliphatic heterocycles. The molecule has 0 spiro atoms. The second-order valence-electron chi connectivity index (χ2n) is 5.25. The molecule has 0 aromatic heterocycles. The molecule has 102 valence electrons. The molecule has 1 unspecified atom stereocenters. The Labute approximate surface area is 113 Å². The number of aliphatic carboxylic acids is 1. The van der Waals surface area contributed by atoms with Crippen LogP contribution in [0.4, 0.5) is 0 Å². The van der Waals surface area contributed by atoms with Gasteiger partial charge < -0.3 is 10.0 Å². The minimum Gasteiger partial charge on any atom is -0.481 e. The molecule has 1 fully saturated rings. The normalized spacial score (nSPS) is 19.3. The van der Waals surface area contributed by atoms with Crippen LogP contribution in [0.3, 0.4) is 0 Å². The molecule has 1 heterocycles. The van der Waals surface area contributed by atoms with Gasteiger partial charge in [0.05, 0.1) is 5.92 Å². The number of likely N-dealkylation sites (tertiary alicyclic amines) is 1. The van der Waals surface area contributed by atoms with Gasteiger partial charge in [-0.15, -0.1) is 0 Å². The lowest BCUT2D eigenvalue weighted by atomic mass is 9.96. The van der Waals surface area contributed by atoms with Crippen LogP contribution < -0.4 is 0 Å². The predicted molar refractivity (Wildman–Crippen MR) is 72.2 cm³/mol. The van der Waals surface area contributed by atoms with Gasteiger partial charge in [-0.1, -0.05) is 17.7 Å². The number of aryl methyl sites for hydroxylation is 2. The number of benzene rings is 1. The van der Waals surface area contributed by atoms with E-state index in [1.165, 1.54) is 0 Å². The zero-order chi connectivity index (χ0) is 14.0. The zero-order valence-electron chi connectivity index (χ0n) is 11.3. The summed E-state index contributed by atoms with van der Waals surface area (Å²) in [6, 6.07) is 5.78. The fourth-order valence-electron chi connectivity index (χ4n) is 2.50. The van der Waals surface area contributed by atoms with E-state index in [0.717, 1.165) is 17.5 Å². The number of carbonyl (C=O) groups excluding carboxylic acids is 1. The first kappa shape index (κ1) is 13.6. The molecular weight excluding hydrogens is 242 g/mol. The summed E-state index contributed by atoms with van der Waals surface area (Å²) in [6.07, 6.45) is 1.42. The standard InChI is InChI=1S/C15H19NO3/c1-10-5-6-11(2)13(8-10)14(17)16-7-3-4-12(9-16)15(18)19/h5-6,8,12H,3-4,7,9H2,1-2H3,(H,18,19). The Hall–Kier alpha value is -1.84. The van der Waals surface area contributed by atoms with Crippen molar-refractivity contribution in [2.24, 2.45) is 5.92 Å². The zero-order valence-corrected chi connectivity index (χ0v) is 11.3. The number of rotatable bonds is 2. The van der Waals surface area contributed by atoms with Gasteiger partial charge in [0.15, 0.2) is 0 Å². The van der Waals surface area contributed by atoms with Crippen molar-refractivity contribution in [2.45, 2.75) is 26.7 Å². The van der Waals surface area contributed by atoms with Gasteiger partial charge in [0, 0.05) is 18.7 Å². The second-order valence-corrected chi connectivity index (χ2v) is 5.25. The lowest BCUT2D eigenvalue weighted by Gasteiger charge is -2.31. The number of piperidine rings is 1. The summed E-state index contributed by atoms with van der Waals surface area (Å²) in [6.45, 7) is 4.83. The maximum Gasteiger partial charge on any atom is 0.308 e. The summed E-state index contributed by atoms with van der Waals surface area (Å²) < 4.78 is 0. The van der Waals surface area contributed by atoms with Gasteiger partial charge in [0.25, 0.3) is 5.91 Å². The Balaban J connectivity index is 2.19. The molecule has 1 aromatic rings. The third-order valence-corrected chi connectivity index (χ3v) is 3.68. The van der Waals surface area contributed by atoms with Crippen LogP contribution in [-0.4, -0.2) is 35.0 Å². The molecule has 2 rings (SSSR count). The summed E-state index contributed by atoms with van der Waals surface area (Å²) in [4.78, 5) is 25.2. The first-order chi connectivity index (χ1) is 8.99. The summed E-state index contributed by atoms with van der Waals surface area (Å²) >= 11 is 0. The molecular formula is C15H19NO3. The Bertz CT molecular complexity index is 510. The van der Waals surface area contributed by atoms with Crippen molar-refractivity contribution in [3.05, 3.63) is 34.9 Å². The van der Waals surface area contributed by atoms with Crippen molar-refractivity contribution in [2.75, 3.05) is 13.1 Å². The van der Waals surface area contributed by atoms with Gasteiger partial charge >= 0.3 is 5.97 Å². The van der Waals surface area contributed by atoms with E-state index in [1.54, 1.807) is 4.90 Å². The van der Waals surface area contributed by atoms with Crippen molar-refractivity contribution in [1.29, 1.82) is 0 Å². The topological polar surface area (TPSA) is 57.6 Å². The van der Waals surface area contributed by atoms with E-state index in [-0.39, 0.29) is 5.91 Å². The molecule has 4 nitrogen and oxygen atoms in total. The van der Waals surface area contributed by atoms with Crippen LogP contribution >= 0.6 is 0 Å². The minimum absolute atomic E-state index is 0.0489. The van der Waals surface area contributed by atoms with Gasteiger partial charge in [-0.3, -0.25) is 9.59 Å². The Kier molecular flexibility index (Phi) is 3.88. The molecule has 1 aliphatic rings. The van der Waals surface area contributed by atoms with Crippen LogP contribution in [0, 0.1) is 19.8 Å². The van der Waals surface area contributed by atoms with E-state index in [0.29, 0.717) is 25.1 Å². The molecule has 1 aromatic carbocycles. The number of carbonyl (C=O) groups is 2. The highest BCUT2D eigenvalue weighted by Gasteiger charge is 2.29. The monoisotopic (exact) mass is 261 g/mol. The van der Waals surface area contributed by atoms with E-state index in [4.69, 9.17) is 5.11 Å². The number of hydrogen-bond acceptors (Lipinski definition) is 2. The van der Waals surface area contributed by atoms with Gasteiger partial charge in [0.1, 0.15) is 0 Å². The molecule has 1 saturated heterocycles. The number of carboxylic acid groups (broad SMARTS) is 1. The van der Waals surface area contributed by atoms with Crippen molar-refractivity contribution in [1.82, 2.24) is 4.90 Å². The average molecular weight is 261 g/mol. The SMILES string of the molecule is Cc1ccc(C)c(C(=O)N2CCCC(C(=O)O)C2)c1.